The molecule has 0 aromatic carbocycles. The highest BCUT2D eigenvalue weighted by atomic mass is 35.5. The summed E-state index contributed by atoms with van der Waals surface area (Å²) in [5.41, 5.74) is 5.24. The van der Waals surface area contributed by atoms with Crippen molar-refractivity contribution >= 4 is 34.0 Å². The number of halogens is 1. The highest BCUT2D eigenvalue weighted by Crippen LogP contribution is 2.48. The number of carbonyl (C=O) groups excluding carboxylic acids is 1. The summed E-state index contributed by atoms with van der Waals surface area (Å²) < 4.78 is 0. The standard InChI is InChI=1S/C12H13ClN4OS/c13-10-9(6-1-2-6)19-12(16-10)17(5-14)8-3-7(4-8)11(15)18/h6-8H,1-4H2,(H2,15,18). The van der Waals surface area contributed by atoms with E-state index in [0.717, 1.165) is 17.7 Å². The molecule has 0 radical (unpaired) electrons. The van der Waals surface area contributed by atoms with Crippen LogP contribution in [0.15, 0.2) is 0 Å². The average Bonchev–Trinajstić information content (AvgIpc) is 3.06. The number of aromatic nitrogens is 1. The Kier molecular flexibility index (Phi) is 3.11. The predicted octanol–water partition coefficient (Wildman–Crippen LogP) is 2.23. The van der Waals surface area contributed by atoms with E-state index in [1.165, 1.54) is 11.3 Å². The molecule has 5 nitrogen and oxygen atoms in total. The summed E-state index contributed by atoms with van der Waals surface area (Å²) in [4.78, 5) is 18.0. The lowest BCUT2D eigenvalue weighted by atomic mass is 9.79. The van der Waals surface area contributed by atoms with Crippen molar-refractivity contribution in [2.24, 2.45) is 11.7 Å². The van der Waals surface area contributed by atoms with Gasteiger partial charge in [-0.1, -0.05) is 22.9 Å². The number of amides is 1. The Bertz CT molecular complexity index is 557. The molecule has 2 aliphatic carbocycles. The van der Waals surface area contributed by atoms with Gasteiger partial charge in [0.05, 0.1) is 0 Å². The van der Waals surface area contributed by atoms with Gasteiger partial charge in [0.15, 0.2) is 6.19 Å². The quantitative estimate of drug-likeness (QED) is 0.682. The van der Waals surface area contributed by atoms with Crippen LogP contribution < -0.4 is 10.6 Å². The zero-order valence-corrected chi connectivity index (χ0v) is 11.7. The molecule has 7 heteroatoms. The smallest absolute Gasteiger partial charge is 0.220 e. The molecular formula is C12H13ClN4OS. The van der Waals surface area contributed by atoms with E-state index < -0.39 is 0 Å². The summed E-state index contributed by atoms with van der Waals surface area (Å²) in [6, 6.07) is 0.0248. The second-order valence-electron chi connectivity index (χ2n) is 5.12. The molecule has 2 saturated carbocycles. The summed E-state index contributed by atoms with van der Waals surface area (Å²) in [6.45, 7) is 0. The number of anilines is 1. The average molecular weight is 297 g/mol. The molecule has 2 N–H and O–H groups in total. The van der Waals surface area contributed by atoms with Crippen LogP contribution >= 0.6 is 22.9 Å². The SMILES string of the molecule is N#CN(c1nc(Cl)c(C2CC2)s1)C1CC(C(N)=O)C1. The number of hydrogen-bond acceptors (Lipinski definition) is 5. The number of nitrogens with two attached hydrogens (primary N) is 1. The lowest BCUT2D eigenvalue weighted by Gasteiger charge is -2.37. The molecule has 0 unspecified atom stereocenters. The molecule has 2 aliphatic rings. The number of rotatable bonds is 4. The Morgan fingerprint density at radius 3 is 2.74 bits per heavy atom. The monoisotopic (exact) mass is 296 g/mol. The van der Waals surface area contributed by atoms with Crippen LogP contribution in [0.5, 0.6) is 0 Å². The van der Waals surface area contributed by atoms with Crippen LogP contribution in [0.4, 0.5) is 5.13 Å². The van der Waals surface area contributed by atoms with Crippen molar-refractivity contribution in [1.29, 1.82) is 5.26 Å². The molecule has 0 aliphatic heterocycles. The van der Waals surface area contributed by atoms with Gasteiger partial charge < -0.3 is 5.73 Å². The number of carbonyl (C=O) groups is 1. The van der Waals surface area contributed by atoms with Gasteiger partial charge in [-0.15, -0.1) is 0 Å². The normalized spacial score (nSPS) is 25.5. The molecular weight excluding hydrogens is 284 g/mol. The summed E-state index contributed by atoms with van der Waals surface area (Å²) >= 11 is 7.61. The summed E-state index contributed by atoms with van der Waals surface area (Å²) in [5.74, 6) is 0.128. The first-order valence-corrected chi connectivity index (χ1v) is 7.44. The third-order valence-electron chi connectivity index (χ3n) is 3.74. The van der Waals surface area contributed by atoms with E-state index in [1.54, 1.807) is 4.90 Å². The van der Waals surface area contributed by atoms with Gasteiger partial charge >= 0.3 is 0 Å². The van der Waals surface area contributed by atoms with Gasteiger partial charge in [0.25, 0.3) is 0 Å². The topological polar surface area (TPSA) is 83.0 Å². The third-order valence-corrected chi connectivity index (χ3v) is 5.36. The predicted molar refractivity (Wildman–Crippen MR) is 72.9 cm³/mol. The molecule has 0 bridgehead atoms. The van der Waals surface area contributed by atoms with Crippen LogP contribution in [0.1, 0.15) is 36.5 Å². The second kappa shape index (κ2) is 4.66. The highest BCUT2D eigenvalue weighted by molar-refractivity contribution is 7.16. The van der Waals surface area contributed by atoms with E-state index in [9.17, 15) is 10.1 Å². The van der Waals surface area contributed by atoms with E-state index in [2.05, 4.69) is 11.2 Å². The molecule has 1 aromatic rings. The van der Waals surface area contributed by atoms with Gasteiger partial charge in [-0.3, -0.25) is 9.69 Å². The van der Waals surface area contributed by atoms with Gasteiger partial charge in [-0.25, -0.2) is 4.98 Å². The molecule has 1 amide bonds. The molecule has 0 atom stereocenters. The number of thiazole rings is 1. The van der Waals surface area contributed by atoms with Crippen molar-refractivity contribution < 1.29 is 4.79 Å². The number of nitriles is 1. The summed E-state index contributed by atoms with van der Waals surface area (Å²) in [6.07, 6.45) is 5.71. The molecule has 0 spiro atoms. The Hall–Kier alpha value is -1.32. The zero-order chi connectivity index (χ0) is 13.6. The number of hydrogen-bond donors (Lipinski definition) is 1. The largest absolute Gasteiger partial charge is 0.369 e. The fourth-order valence-electron chi connectivity index (χ4n) is 2.31. The summed E-state index contributed by atoms with van der Waals surface area (Å²) in [7, 11) is 0. The molecule has 1 heterocycles. The lowest BCUT2D eigenvalue weighted by Crippen LogP contribution is -2.47. The van der Waals surface area contributed by atoms with Crippen LogP contribution in [0.25, 0.3) is 0 Å². The zero-order valence-electron chi connectivity index (χ0n) is 10.2. The second-order valence-corrected chi connectivity index (χ2v) is 6.49. The van der Waals surface area contributed by atoms with Crippen molar-refractivity contribution in [3.63, 3.8) is 0 Å². The minimum Gasteiger partial charge on any atom is -0.369 e. The van der Waals surface area contributed by atoms with E-state index >= 15 is 0 Å². The van der Waals surface area contributed by atoms with Crippen molar-refractivity contribution in [2.45, 2.75) is 37.6 Å². The minimum absolute atomic E-state index is 0.0248. The van der Waals surface area contributed by atoms with Crippen molar-refractivity contribution in [3.8, 4) is 6.19 Å². The maximum absolute atomic E-state index is 11.0. The maximum Gasteiger partial charge on any atom is 0.220 e. The van der Waals surface area contributed by atoms with Crippen LogP contribution in [0.2, 0.25) is 5.15 Å². The first-order chi connectivity index (χ1) is 9.10. The summed E-state index contributed by atoms with van der Waals surface area (Å²) in [5, 5.41) is 10.4. The number of primary amides is 1. The van der Waals surface area contributed by atoms with Crippen molar-refractivity contribution in [3.05, 3.63) is 10.0 Å². The fourth-order valence-corrected chi connectivity index (χ4v) is 3.87. The molecule has 19 heavy (non-hydrogen) atoms. The third kappa shape index (κ3) is 2.28. The molecule has 2 fully saturated rings. The Morgan fingerprint density at radius 1 is 1.53 bits per heavy atom. The minimum atomic E-state index is -0.287. The first kappa shape index (κ1) is 12.7. The van der Waals surface area contributed by atoms with Crippen LogP contribution in [-0.4, -0.2) is 16.9 Å². The van der Waals surface area contributed by atoms with Crippen molar-refractivity contribution in [2.75, 3.05) is 4.90 Å². The van der Waals surface area contributed by atoms with Crippen LogP contribution in [-0.2, 0) is 4.79 Å². The highest BCUT2D eigenvalue weighted by Gasteiger charge is 2.39. The Balaban J connectivity index is 1.74. The van der Waals surface area contributed by atoms with Gasteiger partial charge in [0.2, 0.25) is 11.0 Å². The Morgan fingerprint density at radius 2 is 2.21 bits per heavy atom. The van der Waals surface area contributed by atoms with Crippen LogP contribution in [0, 0.1) is 17.4 Å². The van der Waals surface area contributed by atoms with Crippen molar-refractivity contribution in [1.82, 2.24) is 4.98 Å². The van der Waals surface area contributed by atoms with E-state index in [-0.39, 0.29) is 17.9 Å². The van der Waals surface area contributed by atoms with Gasteiger partial charge in [0.1, 0.15) is 5.15 Å². The van der Waals surface area contributed by atoms with Gasteiger partial charge in [-0.05, 0) is 31.6 Å². The molecule has 0 saturated heterocycles. The lowest BCUT2D eigenvalue weighted by molar-refractivity contribution is -0.124. The number of nitrogens with zero attached hydrogens (tertiary/aromatic N) is 3. The first-order valence-electron chi connectivity index (χ1n) is 6.24. The van der Waals surface area contributed by atoms with Crippen LogP contribution in [0.3, 0.4) is 0 Å². The maximum atomic E-state index is 11.0. The van der Waals surface area contributed by atoms with Gasteiger partial charge in [0, 0.05) is 16.8 Å². The van der Waals surface area contributed by atoms with E-state index in [4.69, 9.17) is 17.3 Å². The fraction of sp³-hybridized carbons (Fsp3) is 0.583. The van der Waals surface area contributed by atoms with Gasteiger partial charge in [-0.2, -0.15) is 5.26 Å². The molecule has 100 valence electrons. The van der Waals surface area contributed by atoms with E-state index in [1.807, 2.05) is 0 Å². The molecule has 1 aromatic heterocycles. The Labute approximate surface area is 120 Å². The van der Waals surface area contributed by atoms with E-state index in [0.29, 0.717) is 29.0 Å². The molecule has 3 rings (SSSR count).